The van der Waals surface area contributed by atoms with Gasteiger partial charge in [-0.05, 0) is 18.6 Å². The third-order valence-electron chi connectivity index (χ3n) is 4.61. The first kappa shape index (κ1) is 16.6. The second-order valence-electron chi connectivity index (χ2n) is 6.22. The third kappa shape index (κ3) is 2.71. The molecule has 2 heterocycles. The fraction of sp³-hybridized carbons (Fsp3) is 0.294. The molecule has 4 N–H and O–H groups in total. The summed E-state index contributed by atoms with van der Waals surface area (Å²) in [5.41, 5.74) is 1.24. The van der Waals surface area contributed by atoms with Crippen LogP contribution in [0.2, 0.25) is 0 Å². The fourth-order valence-electron chi connectivity index (χ4n) is 3.21. The lowest BCUT2D eigenvalue weighted by Crippen LogP contribution is -2.31. The van der Waals surface area contributed by atoms with Gasteiger partial charge in [0.25, 0.3) is 5.91 Å². The summed E-state index contributed by atoms with van der Waals surface area (Å²) in [5, 5.41) is 32.4. The van der Waals surface area contributed by atoms with Crippen molar-refractivity contribution in [2.24, 2.45) is 0 Å². The number of rotatable bonds is 3. The molecule has 4 atom stereocenters. The highest BCUT2D eigenvalue weighted by Crippen LogP contribution is 2.33. The summed E-state index contributed by atoms with van der Waals surface area (Å²) in [4.78, 5) is 24.8. The number of carbonyl (C=O) groups excluding carboxylic acids is 1. The number of amides is 1. The monoisotopic (exact) mass is 355 g/mol. The first-order valence-electron chi connectivity index (χ1n) is 8.14. The standard InChI is InChI=1S/C17H17N5O4/c23-11-6-10(13(24)14(11)25)22-8-20-12-15(18-7-19-16(12)22)21-17(26)9-4-2-1-3-5-9/h1-5,7-8,10-11,13-14,23-25H,6H2,(H,18,19,21,26)/t10-,11+,13+,14-/m1/s1. The Kier molecular flexibility index (Phi) is 4.11. The average Bonchev–Trinajstić information content (AvgIpc) is 3.20. The molecule has 1 amide bonds. The molecule has 0 aliphatic heterocycles. The van der Waals surface area contributed by atoms with Crippen LogP contribution in [0.15, 0.2) is 43.0 Å². The molecule has 1 fully saturated rings. The lowest BCUT2D eigenvalue weighted by atomic mass is 10.2. The van der Waals surface area contributed by atoms with Gasteiger partial charge in [-0.3, -0.25) is 4.79 Å². The minimum Gasteiger partial charge on any atom is -0.390 e. The van der Waals surface area contributed by atoms with E-state index in [9.17, 15) is 20.1 Å². The number of anilines is 1. The maximum Gasteiger partial charge on any atom is 0.256 e. The maximum atomic E-state index is 12.3. The van der Waals surface area contributed by atoms with Crippen LogP contribution in [-0.2, 0) is 0 Å². The highest BCUT2D eigenvalue weighted by Gasteiger charge is 2.42. The van der Waals surface area contributed by atoms with Gasteiger partial charge in [0.2, 0.25) is 0 Å². The first-order chi connectivity index (χ1) is 12.6. The molecule has 26 heavy (non-hydrogen) atoms. The number of fused-ring (bicyclic) bond motifs is 1. The molecule has 3 aromatic rings. The molecule has 0 bridgehead atoms. The molecular formula is C17H17N5O4. The molecule has 0 spiro atoms. The van der Waals surface area contributed by atoms with Crippen molar-refractivity contribution in [3.05, 3.63) is 48.5 Å². The number of nitrogens with zero attached hydrogens (tertiary/aromatic N) is 4. The van der Waals surface area contributed by atoms with Crippen LogP contribution in [0.5, 0.6) is 0 Å². The van der Waals surface area contributed by atoms with Crippen LogP contribution in [0.4, 0.5) is 5.82 Å². The van der Waals surface area contributed by atoms with E-state index in [1.165, 1.54) is 12.7 Å². The Morgan fingerprint density at radius 1 is 1.08 bits per heavy atom. The van der Waals surface area contributed by atoms with E-state index in [4.69, 9.17) is 0 Å². The number of aromatic nitrogens is 4. The summed E-state index contributed by atoms with van der Waals surface area (Å²) in [5.74, 6) is -0.0805. The molecule has 0 saturated heterocycles. The van der Waals surface area contributed by atoms with Crippen LogP contribution in [0.25, 0.3) is 11.2 Å². The van der Waals surface area contributed by atoms with Crippen molar-refractivity contribution in [1.82, 2.24) is 19.5 Å². The molecule has 9 nitrogen and oxygen atoms in total. The predicted octanol–water partition coefficient (Wildman–Crippen LogP) is 0.106. The van der Waals surface area contributed by atoms with Gasteiger partial charge in [-0.2, -0.15) is 0 Å². The molecule has 1 aromatic carbocycles. The lowest BCUT2D eigenvalue weighted by Gasteiger charge is -2.17. The van der Waals surface area contributed by atoms with E-state index >= 15 is 0 Å². The molecule has 9 heteroatoms. The highest BCUT2D eigenvalue weighted by molar-refractivity contribution is 6.06. The van der Waals surface area contributed by atoms with Gasteiger partial charge in [0, 0.05) is 5.56 Å². The molecule has 134 valence electrons. The predicted molar refractivity (Wildman–Crippen MR) is 91.4 cm³/mol. The summed E-state index contributed by atoms with van der Waals surface area (Å²) < 4.78 is 1.58. The van der Waals surface area contributed by atoms with Crippen molar-refractivity contribution in [3.8, 4) is 0 Å². The van der Waals surface area contributed by atoms with Crippen molar-refractivity contribution >= 4 is 22.9 Å². The topological polar surface area (TPSA) is 133 Å². The van der Waals surface area contributed by atoms with Crippen molar-refractivity contribution in [1.29, 1.82) is 0 Å². The molecule has 0 unspecified atom stereocenters. The van der Waals surface area contributed by atoms with Crippen LogP contribution in [0.1, 0.15) is 22.8 Å². The van der Waals surface area contributed by atoms with E-state index in [0.29, 0.717) is 16.7 Å². The Hall–Kier alpha value is -2.88. The van der Waals surface area contributed by atoms with Gasteiger partial charge in [0.05, 0.1) is 18.5 Å². The largest absolute Gasteiger partial charge is 0.390 e. The maximum absolute atomic E-state index is 12.3. The minimum absolute atomic E-state index is 0.170. The van der Waals surface area contributed by atoms with Gasteiger partial charge in [0.15, 0.2) is 17.0 Å². The smallest absolute Gasteiger partial charge is 0.256 e. The molecule has 2 aromatic heterocycles. The zero-order valence-corrected chi connectivity index (χ0v) is 13.6. The lowest BCUT2D eigenvalue weighted by molar-refractivity contribution is -0.0244. The number of imidazole rings is 1. The number of hydrogen-bond donors (Lipinski definition) is 4. The molecule has 1 aliphatic rings. The van der Waals surface area contributed by atoms with Crippen molar-refractivity contribution in [2.45, 2.75) is 30.8 Å². The Balaban J connectivity index is 1.67. The SMILES string of the molecule is O=C(Nc1ncnc2c1ncn2[C@@H]1C[C@H](O)[C@@H](O)[C@H]1O)c1ccccc1. The minimum atomic E-state index is -1.23. The van der Waals surface area contributed by atoms with E-state index in [1.54, 1.807) is 28.8 Å². The van der Waals surface area contributed by atoms with Gasteiger partial charge >= 0.3 is 0 Å². The summed E-state index contributed by atoms with van der Waals surface area (Å²) in [6, 6.07) is 8.14. The number of carbonyl (C=O) groups is 1. The highest BCUT2D eigenvalue weighted by atomic mass is 16.4. The number of benzene rings is 1. The van der Waals surface area contributed by atoms with E-state index < -0.39 is 24.4 Å². The van der Waals surface area contributed by atoms with Gasteiger partial charge in [-0.15, -0.1) is 0 Å². The first-order valence-corrected chi connectivity index (χ1v) is 8.14. The molecule has 4 rings (SSSR count). The number of aliphatic hydroxyl groups is 3. The van der Waals surface area contributed by atoms with Gasteiger partial charge < -0.3 is 25.2 Å². The van der Waals surface area contributed by atoms with E-state index in [-0.39, 0.29) is 18.1 Å². The van der Waals surface area contributed by atoms with Gasteiger partial charge in [0.1, 0.15) is 18.5 Å². The quantitative estimate of drug-likeness (QED) is 0.524. The van der Waals surface area contributed by atoms with Crippen LogP contribution >= 0.6 is 0 Å². The van der Waals surface area contributed by atoms with Crippen molar-refractivity contribution in [3.63, 3.8) is 0 Å². The summed E-state index contributed by atoms with van der Waals surface area (Å²) in [7, 11) is 0. The summed E-state index contributed by atoms with van der Waals surface area (Å²) in [6.45, 7) is 0. The third-order valence-corrected chi connectivity index (χ3v) is 4.61. The van der Waals surface area contributed by atoms with Crippen molar-refractivity contribution in [2.75, 3.05) is 5.32 Å². The Morgan fingerprint density at radius 2 is 1.85 bits per heavy atom. The fourth-order valence-corrected chi connectivity index (χ4v) is 3.21. The van der Waals surface area contributed by atoms with E-state index in [2.05, 4.69) is 20.3 Å². The van der Waals surface area contributed by atoms with Gasteiger partial charge in [-0.1, -0.05) is 18.2 Å². The zero-order chi connectivity index (χ0) is 18.3. The van der Waals surface area contributed by atoms with Crippen LogP contribution < -0.4 is 5.32 Å². The second kappa shape index (κ2) is 6.45. The van der Waals surface area contributed by atoms with Gasteiger partial charge in [-0.25, -0.2) is 15.0 Å². The van der Waals surface area contributed by atoms with Crippen LogP contribution in [0, 0.1) is 0 Å². The second-order valence-corrected chi connectivity index (χ2v) is 6.22. The molecule has 1 saturated carbocycles. The zero-order valence-electron chi connectivity index (χ0n) is 13.6. The number of aliphatic hydroxyl groups excluding tert-OH is 3. The summed E-state index contributed by atoms with van der Waals surface area (Å²) in [6.07, 6.45) is -0.475. The Bertz CT molecular complexity index is 945. The normalized spacial score (nSPS) is 25.5. The van der Waals surface area contributed by atoms with Crippen molar-refractivity contribution < 1.29 is 20.1 Å². The van der Waals surface area contributed by atoms with E-state index in [1.807, 2.05) is 6.07 Å². The Labute approximate surface area is 148 Å². The Morgan fingerprint density at radius 3 is 2.54 bits per heavy atom. The molecular weight excluding hydrogens is 338 g/mol. The number of nitrogens with one attached hydrogen (secondary N) is 1. The average molecular weight is 355 g/mol. The molecule has 0 radical (unpaired) electrons. The molecule has 1 aliphatic carbocycles. The number of hydrogen-bond acceptors (Lipinski definition) is 7. The van der Waals surface area contributed by atoms with Crippen LogP contribution in [0.3, 0.4) is 0 Å². The summed E-state index contributed by atoms with van der Waals surface area (Å²) >= 11 is 0. The van der Waals surface area contributed by atoms with E-state index in [0.717, 1.165) is 0 Å². The van der Waals surface area contributed by atoms with Crippen LogP contribution in [-0.4, -0.2) is 59.1 Å².